The van der Waals surface area contributed by atoms with Crippen molar-refractivity contribution < 1.29 is 23.9 Å². The summed E-state index contributed by atoms with van der Waals surface area (Å²) in [4.78, 5) is 33.1. The monoisotopic (exact) mass is 396 g/mol. The smallest absolute Gasteiger partial charge is 0.357 e. The maximum absolute atomic E-state index is 13.3. The van der Waals surface area contributed by atoms with Crippen molar-refractivity contribution in [1.82, 2.24) is 5.06 Å². The van der Waals surface area contributed by atoms with E-state index in [9.17, 15) is 9.59 Å². The van der Waals surface area contributed by atoms with Crippen molar-refractivity contribution in [3.63, 3.8) is 0 Å². The number of hydrogen-bond acceptors (Lipinski definition) is 6. The van der Waals surface area contributed by atoms with Gasteiger partial charge in [0, 0.05) is 19.2 Å². The third-order valence-electron chi connectivity index (χ3n) is 5.44. The Hall–Kier alpha value is -3.06. The van der Waals surface area contributed by atoms with E-state index in [0.717, 1.165) is 24.1 Å². The van der Waals surface area contributed by atoms with Crippen LogP contribution in [0.25, 0.3) is 0 Å². The third-order valence-corrected chi connectivity index (χ3v) is 5.44. The lowest BCUT2D eigenvalue weighted by Gasteiger charge is -2.27. The van der Waals surface area contributed by atoms with Crippen molar-refractivity contribution in [2.75, 3.05) is 32.2 Å². The summed E-state index contributed by atoms with van der Waals surface area (Å²) in [6, 6.07) is 12.1. The van der Waals surface area contributed by atoms with Crippen LogP contribution in [0.1, 0.15) is 28.8 Å². The predicted octanol–water partition coefficient (Wildman–Crippen LogP) is 2.83. The molecule has 4 rings (SSSR count). The minimum atomic E-state index is -0.485. The van der Waals surface area contributed by atoms with Crippen LogP contribution in [-0.2, 0) is 16.1 Å². The largest absolute Gasteiger partial charge is 0.493 e. The van der Waals surface area contributed by atoms with Gasteiger partial charge in [-0.3, -0.25) is 4.79 Å². The fraction of sp³-hybridized carbons (Fsp3) is 0.364. The van der Waals surface area contributed by atoms with Gasteiger partial charge in [0.15, 0.2) is 11.5 Å². The number of hydrogen-bond donors (Lipinski definition) is 0. The minimum Gasteiger partial charge on any atom is -0.493 e. The van der Waals surface area contributed by atoms with Crippen LogP contribution >= 0.6 is 0 Å². The number of carbonyl (C=O) groups is 2. The van der Waals surface area contributed by atoms with E-state index in [1.54, 1.807) is 43.4 Å². The van der Waals surface area contributed by atoms with Gasteiger partial charge in [0.1, 0.15) is 6.04 Å². The molecule has 0 unspecified atom stereocenters. The SMILES string of the molecule is COc1cc2c(cc1OC)N(C(=O)[C@H]1CCCN1OC(=O)c1ccccc1)CC2. The molecule has 0 bridgehead atoms. The number of rotatable bonds is 5. The number of carbonyl (C=O) groups excluding carboxylic acids is 2. The van der Waals surface area contributed by atoms with E-state index in [4.69, 9.17) is 14.3 Å². The zero-order valence-electron chi connectivity index (χ0n) is 16.6. The van der Waals surface area contributed by atoms with E-state index in [-0.39, 0.29) is 5.91 Å². The minimum absolute atomic E-state index is 0.0608. The van der Waals surface area contributed by atoms with Gasteiger partial charge in [0.2, 0.25) is 5.91 Å². The first-order valence-electron chi connectivity index (χ1n) is 9.72. The lowest BCUT2D eigenvalue weighted by atomic mass is 10.1. The van der Waals surface area contributed by atoms with Gasteiger partial charge in [-0.1, -0.05) is 18.2 Å². The van der Waals surface area contributed by atoms with Crippen LogP contribution in [0, 0.1) is 0 Å². The second-order valence-corrected chi connectivity index (χ2v) is 7.12. The number of fused-ring (bicyclic) bond motifs is 1. The van der Waals surface area contributed by atoms with Gasteiger partial charge in [0.05, 0.1) is 25.5 Å². The fourth-order valence-electron chi connectivity index (χ4n) is 3.95. The fourth-order valence-corrected chi connectivity index (χ4v) is 3.95. The molecule has 1 atom stereocenters. The molecule has 2 aromatic carbocycles. The Balaban J connectivity index is 1.52. The average molecular weight is 396 g/mol. The number of methoxy groups -OCH3 is 2. The molecule has 0 spiro atoms. The standard InChI is InChI=1S/C22H24N2O5/c1-27-19-13-16-10-12-23(18(16)14-20(19)28-2)21(25)17-9-6-11-24(17)29-22(26)15-7-4-3-5-8-15/h3-5,7-8,13-14,17H,6,9-12H2,1-2H3/t17-/m1/s1. The molecule has 0 N–H and O–H groups in total. The van der Waals surface area contributed by atoms with E-state index in [2.05, 4.69) is 0 Å². The highest BCUT2D eigenvalue weighted by molar-refractivity contribution is 5.99. The van der Waals surface area contributed by atoms with Crippen molar-refractivity contribution in [2.24, 2.45) is 0 Å². The number of benzene rings is 2. The highest BCUT2D eigenvalue weighted by Crippen LogP contribution is 2.39. The number of amides is 1. The number of ether oxygens (including phenoxy) is 2. The molecular formula is C22H24N2O5. The maximum Gasteiger partial charge on any atom is 0.357 e. The first kappa shape index (κ1) is 19.3. The van der Waals surface area contributed by atoms with Gasteiger partial charge < -0.3 is 19.2 Å². The molecule has 2 aromatic rings. The lowest BCUT2D eigenvalue weighted by Crippen LogP contribution is -2.45. The summed E-state index contributed by atoms with van der Waals surface area (Å²) in [7, 11) is 3.17. The van der Waals surface area contributed by atoms with Gasteiger partial charge in [-0.05, 0) is 43.0 Å². The Kier molecular flexibility index (Phi) is 5.40. The Morgan fingerprint density at radius 2 is 1.72 bits per heavy atom. The first-order valence-corrected chi connectivity index (χ1v) is 9.72. The van der Waals surface area contributed by atoms with Crippen molar-refractivity contribution in [3.8, 4) is 11.5 Å². The topological polar surface area (TPSA) is 68.3 Å². The van der Waals surface area contributed by atoms with Gasteiger partial charge in [-0.15, -0.1) is 5.06 Å². The zero-order valence-corrected chi connectivity index (χ0v) is 16.6. The summed E-state index contributed by atoms with van der Waals surface area (Å²) in [5.41, 5.74) is 2.34. The summed E-state index contributed by atoms with van der Waals surface area (Å²) >= 11 is 0. The molecule has 2 aliphatic heterocycles. The van der Waals surface area contributed by atoms with E-state index in [1.807, 2.05) is 18.2 Å². The molecule has 7 heteroatoms. The van der Waals surface area contributed by atoms with Crippen molar-refractivity contribution >= 4 is 17.6 Å². The first-order chi connectivity index (χ1) is 14.1. The average Bonchev–Trinajstić information content (AvgIpc) is 3.39. The van der Waals surface area contributed by atoms with Crippen LogP contribution in [0.15, 0.2) is 42.5 Å². The van der Waals surface area contributed by atoms with E-state index in [0.29, 0.717) is 36.6 Å². The number of nitrogens with zero attached hydrogens (tertiary/aromatic N) is 2. The summed E-state index contributed by atoms with van der Waals surface area (Å²) in [5, 5.41) is 1.52. The van der Waals surface area contributed by atoms with Crippen molar-refractivity contribution in [2.45, 2.75) is 25.3 Å². The second-order valence-electron chi connectivity index (χ2n) is 7.12. The highest BCUT2D eigenvalue weighted by atomic mass is 16.7. The van der Waals surface area contributed by atoms with E-state index < -0.39 is 12.0 Å². The Bertz CT molecular complexity index is 915. The van der Waals surface area contributed by atoms with Crippen LogP contribution in [0.3, 0.4) is 0 Å². The van der Waals surface area contributed by atoms with Gasteiger partial charge in [-0.2, -0.15) is 0 Å². The lowest BCUT2D eigenvalue weighted by molar-refractivity contribution is -0.146. The molecule has 2 aliphatic rings. The summed E-state index contributed by atoms with van der Waals surface area (Å²) in [5.74, 6) is 0.734. The van der Waals surface area contributed by atoms with Gasteiger partial charge in [0.25, 0.3) is 0 Å². The molecule has 2 heterocycles. The molecular weight excluding hydrogens is 372 g/mol. The molecule has 0 aromatic heterocycles. The van der Waals surface area contributed by atoms with Gasteiger partial charge >= 0.3 is 5.97 Å². The van der Waals surface area contributed by atoms with Gasteiger partial charge in [-0.25, -0.2) is 4.79 Å². The van der Waals surface area contributed by atoms with Crippen molar-refractivity contribution in [3.05, 3.63) is 53.6 Å². The van der Waals surface area contributed by atoms with Crippen LogP contribution in [0.2, 0.25) is 0 Å². The second kappa shape index (κ2) is 8.13. The predicted molar refractivity (Wildman–Crippen MR) is 107 cm³/mol. The summed E-state index contributed by atoms with van der Waals surface area (Å²) in [6.45, 7) is 1.13. The molecule has 0 radical (unpaired) electrons. The molecule has 152 valence electrons. The Morgan fingerprint density at radius 3 is 2.45 bits per heavy atom. The van der Waals surface area contributed by atoms with Crippen LogP contribution < -0.4 is 14.4 Å². The molecule has 7 nitrogen and oxygen atoms in total. The van der Waals surface area contributed by atoms with E-state index in [1.165, 1.54) is 5.06 Å². The highest BCUT2D eigenvalue weighted by Gasteiger charge is 2.39. The Labute approximate surface area is 169 Å². The molecule has 0 aliphatic carbocycles. The molecule has 29 heavy (non-hydrogen) atoms. The number of anilines is 1. The third kappa shape index (κ3) is 3.65. The molecule has 1 amide bonds. The maximum atomic E-state index is 13.3. The molecule has 1 saturated heterocycles. The van der Waals surface area contributed by atoms with Crippen LogP contribution in [0.5, 0.6) is 11.5 Å². The van der Waals surface area contributed by atoms with Crippen LogP contribution in [-0.4, -0.2) is 50.3 Å². The Morgan fingerprint density at radius 1 is 1.00 bits per heavy atom. The molecule has 1 fully saturated rings. The zero-order chi connectivity index (χ0) is 20.4. The number of hydroxylamine groups is 2. The normalized spacial score (nSPS) is 18.4. The summed E-state index contributed by atoms with van der Waals surface area (Å²) < 4.78 is 10.8. The van der Waals surface area contributed by atoms with Crippen LogP contribution in [0.4, 0.5) is 5.69 Å². The van der Waals surface area contributed by atoms with Crippen molar-refractivity contribution in [1.29, 1.82) is 0 Å². The quantitative estimate of drug-likeness (QED) is 0.774. The van der Waals surface area contributed by atoms with E-state index >= 15 is 0 Å². The molecule has 0 saturated carbocycles. The summed E-state index contributed by atoms with van der Waals surface area (Å²) in [6.07, 6.45) is 2.20.